The Balaban J connectivity index is 1.63. The van der Waals surface area contributed by atoms with Gasteiger partial charge < -0.3 is 9.80 Å². The summed E-state index contributed by atoms with van der Waals surface area (Å²) in [5.41, 5.74) is -3.40. The van der Waals surface area contributed by atoms with Crippen molar-refractivity contribution in [2.45, 2.75) is 22.5 Å². The lowest BCUT2D eigenvalue weighted by molar-refractivity contribution is -0.0328. The Hall–Kier alpha value is -2.97. The van der Waals surface area contributed by atoms with Gasteiger partial charge in [-0.2, -0.15) is 13.2 Å². The number of nitrogens with zero attached hydrogens (tertiary/aromatic N) is 2. The Morgan fingerprint density at radius 2 is 1.62 bits per heavy atom. The summed E-state index contributed by atoms with van der Waals surface area (Å²) in [4.78, 5) is 30.6. The molecule has 1 fully saturated rings. The number of amides is 2. The first-order valence-corrected chi connectivity index (χ1v) is 11.8. The Morgan fingerprint density at radius 3 is 2.29 bits per heavy atom. The molecule has 4 nitrogen and oxygen atoms in total. The van der Waals surface area contributed by atoms with E-state index in [0.29, 0.717) is 41.2 Å². The molecule has 1 unspecified atom stereocenters. The summed E-state index contributed by atoms with van der Waals surface area (Å²) in [5.74, 6) is -0.535. The molecule has 0 radical (unpaired) electrons. The number of fused-ring (bicyclic) bond motifs is 3. The summed E-state index contributed by atoms with van der Waals surface area (Å²) in [6.07, 6.45) is 0.572. The topological polar surface area (TPSA) is 40.6 Å². The zero-order valence-corrected chi connectivity index (χ0v) is 19.3. The van der Waals surface area contributed by atoms with Crippen LogP contribution in [-0.4, -0.2) is 40.2 Å². The Labute approximate surface area is 203 Å². The molecule has 174 valence electrons. The normalized spacial score (nSPS) is 19.7. The summed E-state index contributed by atoms with van der Waals surface area (Å²) >= 11 is 5.90. The number of carbonyl (C=O) groups excluding carboxylic acids is 2. The second kappa shape index (κ2) is 8.36. The van der Waals surface area contributed by atoms with Crippen molar-refractivity contribution in [2.75, 3.05) is 13.1 Å². The van der Waals surface area contributed by atoms with Crippen molar-refractivity contribution in [3.63, 3.8) is 0 Å². The van der Waals surface area contributed by atoms with E-state index in [9.17, 15) is 22.8 Å². The minimum Gasteiger partial charge on any atom is -0.307 e. The number of hydrogen-bond acceptors (Lipinski definition) is 3. The van der Waals surface area contributed by atoms with Gasteiger partial charge in [0.15, 0.2) is 5.66 Å². The molecule has 2 heterocycles. The van der Waals surface area contributed by atoms with Crippen molar-refractivity contribution in [1.82, 2.24) is 9.80 Å². The largest absolute Gasteiger partial charge is 0.446 e. The minimum atomic E-state index is -4.41. The molecule has 9 heteroatoms. The first-order valence-electron chi connectivity index (χ1n) is 10.6. The molecule has 3 aromatic rings. The molecule has 0 aliphatic carbocycles. The zero-order valence-electron chi connectivity index (χ0n) is 17.7. The number of rotatable bonds is 3. The van der Waals surface area contributed by atoms with Crippen LogP contribution in [0.1, 0.15) is 38.3 Å². The summed E-state index contributed by atoms with van der Waals surface area (Å²) in [6, 6.07) is 19.6. The predicted octanol–water partition coefficient (Wildman–Crippen LogP) is 6.15. The maximum absolute atomic E-state index is 13.8. The Morgan fingerprint density at radius 1 is 0.941 bits per heavy atom. The molecular formula is C25H18ClF3N2O2S. The lowest BCUT2D eigenvalue weighted by Gasteiger charge is -2.51. The quantitative estimate of drug-likeness (QED) is 0.403. The molecule has 0 bridgehead atoms. The number of benzene rings is 3. The molecule has 5 rings (SSSR count). The van der Waals surface area contributed by atoms with Crippen molar-refractivity contribution >= 4 is 35.2 Å². The molecule has 1 atom stereocenters. The van der Waals surface area contributed by atoms with Gasteiger partial charge in [-0.3, -0.25) is 9.59 Å². The van der Waals surface area contributed by atoms with E-state index >= 15 is 0 Å². The van der Waals surface area contributed by atoms with Gasteiger partial charge in [0.2, 0.25) is 0 Å². The minimum absolute atomic E-state index is 0.00174. The van der Waals surface area contributed by atoms with Crippen LogP contribution in [0.25, 0.3) is 0 Å². The Kier molecular flexibility index (Phi) is 5.61. The molecule has 1 saturated heterocycles. The van der Waals surface area contributed by atoms with Gasteiger partial charge in [0, 0.05) is 45.3 Å². The zero-order chi connectivity index (χ0) is 24.1. The van der Waals surface area contributed by atoms with Crippen LogP contribution in [0.3, 0.4) is 0 Å². The van der Waals surface area contributed by atoms with Crippen LogP contribution < -0.4 is 0 Å². The fourth-order valence-corrected chi connectivity index (χ4v) is 5.53. The van der Waals surface area contributed by atoms with Crippen molar-refractivity contribution < 1.29 is 22.8 Å². The highest BCUT2D eigenvalue weighted by Crippen LogP contribution is 2.49. The molecule has 2 aliphatic rings. The van der Waals surface area contributed by atoms with Crippen molar-refractivity contribution in [2.24, 2.45) is 0 Å². The number of carbonyl (C=O) groups is 2. The maximum Gasteiger partial charge on any atom is 0.446 e. The van der Waals surface area contributed by atoms with Crippen LogP contribution in [0.2, 0.25) is 5.02 Å². The van der Waals surface area contributed by atoms with E-state index < -0.39 is 11.2 Å². The fourth-order valence-electron chi connectivity index (χ4n) is 4.87. The summed E-state index contributed by atoms with van der Waals surface area (Å²) in [7, 11) is 0. The molecule has 34 heavy (non-hydrogen) atoms. The van der Waals surface area contributed by atoms with Gasteiger partial charge in [-0.25, -0.2) is 0 Å². The molecule has 2 aliphatic heterocycles. The monoisotopic (exact) mass is 502 g/mol. The third-order valence-corrected chi connectivity index (χ3v) is 7.14. The van der Waals surface area contributed by atoms with Gasteiger partial charge in [-0.1, -0.05) is 41.9 Å². The smallest absolute Gasteiger partial charge is 0.307 e. The average molecular weight is 503 g/mol. The summed E-state index contributed by atoms with van der Waals surface area (Å²) in [5, 5.41) is 0.524. The Bertz CT molecular complexity index is 1260. The molecule has 3 aromatic carbocycles. The van der Waals surface area contributed by atoms with Crippen LogP contribution in [0.15, 0.2) is 77.7 Å². The predicted molar refractivity (Wildman–Crippen MR) is 124 cm³/mol. The third-order valence-electron chi connectivity index (χ3n) is 6.15. The van der Waals surface area contributed by atoms with E-state index in [2.05, 4.69) is 0 Å². The number of hydrogen-bond donors (Lipinski definition) is 0. The number of thioether (sulfide) groups is 1. The first kappa shape index (κ1) is 22.8. The van der Waals surface area contributed by atoms with Crippen LogP contribution in [-0.2, 0) is 5.66 Å². The van der Waals surface area contributed by atoms with E-state index in [0.717, 1.165) is 0 Å². The molecule has 0 N–H and O–H groups in total. The highest BCUT2D eigenvalue weighted by Gasteiger charge is 2.57. The summed E-state index contributed by atoms with van der Waals surface area (Å²) < 4.78 is 38.2. The number of halogens is 4. The van der Waals surface area contributed by atoms with Crippen molar-refractivity contribution in [3.8, 4) is 0 Å². The number of alkyl halides is 3. The third kappa shape index (κ3) is 3.65. The summed E-state index contributed by atoms with van der Waals surface area (Å²) in [6.45, 7) is 0.833. The van der Waals surface area contributed by atoms with Gasteiger partial charge in [-0.05, 0) is 60.6 Å². The average Bonchev–Trinajstić information content (AvgIpc) is 3.08. The standard InChI is InChI=1S/C25H18ClF3N2O2S/c26-18-10-8-17(9-11-18)24-21-5-2-1-4-20(21)23(33)31(24)15-3-14-30(24)22(32)16-6-12-19(13-7-16)34-25(27,28)29/h1-2,4-13H,3,14-15H2. The maximum atomic E-state index is 13.8. The lowest BCUT2D eigenvalue weighted by atomic mass is 9.86. The highest BCUT2D eigenvalue weighted by molar-refractivity contribution is 8.00. The molecule has 2 amide bonds. The second-order valence-electron chi connectivity index (χ2n) is 8.06. The molecular weight excluding hydrogens is 485 g/mol. The molecule has 0 aromatic heterocycles. The van der Waals surface area contributed by atoms with Crippen molar-refractivity contribution in [3.05, 3.63) is 100 Å². The molecule has 0 saturated carbocycles. The van der Waals surface area contributed by atoms with Gasteiger partial charge in [-0.15, -0.1) is 0 Å². The molecule has 0 spiro atoms. The van der Waals surface area contributed by atoms with Crippen LogP contribution in [0.4, 0.5) is 13.2 Å². The van der Waals surface area contributed by atoms with Gasteiger partial charge >= 0.3 is 5.51 Å². The van der Waals surface area contributed by atoms with Crippen LogP contribution in [0.5, 0.6) is 0 Å². The van der Waals surface area contributed by atoms with Gasteiger partial charge in [0.1, 0.15) is 0 Å². The van der Waals surface area contributed by atoms with E-state index in [1.807, 2.05) is 12.1 Å². The van der Waals surface area contributed by atoms with Crippen LogP contribution >= 0.6 is 23.4 Å². The first-order chi connectivity index (χ1) is 16.2. The van der Waals surface area contributed by atoms with E-state index in [1.54, 1.807) is 46.2 Å². The highest BCUT2D eigenvalue weighted by atomic mass is 35.5. The van der Waals surface area contributed by atoms with Crippen LogP contribution in [0, 0.1) is 0 Å². The lowest BCUT2D eigenvalue weighted by Crippen LogP contribution is -2.62. The van der Waals surface area contributed by atoms with E-state index in [-0.39, 0.29) is 34.0 Å². The SMILES string of the molecule is O=C(c1ccc(SC(F)(F)F)cc1)N1CCCN2C(=O)c3ccccc3C12c1ccc(Cl)cc1. The van der Waals surface area contributed by atoms with Gasteiger partial charge in [0.05, 0.1) is 0 Å². The van der Waals surface area contributed by atoms with E-state index in [1.165, 1.54) is 24.3 Å². The second-order valence-corrected chi connectivity index (χ2v) is 9.64. The van der Waals surface area contributed by atoms with Gasteiger partial charge in [0.25, 0.3) is 11.8 Å². The van der Waals surface area contributed by atoms with E-state index in [4.69, 9.17) is 11.6 Å². The van der Waals surface area contributed by atoms with Crippen molar-refractivity contribution in [1.29, 1.82) is 0 Å². The fraction of sp³-hybridized carbons (Fsp3) is 0.200.